The zero-order valence-electron chi connectivity index (χ0n) is 10.2. The highest BCUT2D eigenvalue weighted by molar-refractivity contribution is 7.09. The molecule has 2 aromatic heterocycles. The molecule has 0 spiro atoms. The molecule has 0 saturated carbocycles. The van der Waals surface area contributed by atoms with E-state index in [-0.39, 0.29) is 6.04 Å². The normalized spacial score (nSPS) is 13.0. The maximum absolute atomic E-state index is 5.97. The number of hydrogen-bond acceptors (Lipinski definition) is 5. The highest BCUT2D eigenvalue weighted by Gasteiger charge is 2.19. The highest BCUT2D eigenvalue weighted by Crippen LogP contribution is 2.29. The van der Waals surface area contributed by atoms with Gasteiger partial charge in [0.05, 0.1) is 10.7 Å². The van der Waals surface area contributed by atoms with Crippen LogP contribution in [0.5, 0.6) is 0 Å². The molecule has 3 rings (SSSR count). The first-order valence-electron chi connectivity index (χ1n) is 5.74. The minimum Gasteiger partial charge on any atom is -0.459 e. The van der Waals surface area contributed by atoms with E-state index < -0.39 is 0 Å². The number of furan rings is 1. The Morgan fingerprint density at radius 3 is 2.95 bits per heavy atom. The molecule has 0 aliphatic carbocycles. The fraction of sp³-hybridized carbons (Fsp3) is 0.154. The van der Waals surface area contributed by atoms with E-state index in [0.717, 1.165) is 27.4 Å². The molecule has 0 aliphatic heterocycles. The summed E-state index contributed by atoms with van der Waals surface area (Å²) in [6.07, 6.45) is 0. The third-order valence-corrected chi connectivity index (χ3v) is 3.91. The van der Waals surface area contributed by atoms with Gasteiger partial charge in [0.25, 0.3) is 0 Å². The van der Waals surface area contributed by atoms with Crippen molar-refractivity contribution < 1.29 is 4.42 Å². The van der Waals surface area contributed by atoms with Crippen LogP contribution >= 0.6 is 22.9 Å². The van der Waals surface area contributed by atoms with Crippen molar-refractivity contribution >= 4 is 33.9 Å². The maximum Gasteiger partial charge on any atom is 0.134 e. The summed E-state index contributed by atoms with van der Waals surface area (Å²) in [5.41, 5.74) is 4.38. The molecular weight excluding hydrogens is 282 g/mol. The number of aromatic nitrogens is 1. The van der Waals surface area contributed by atoms with Gasteiger partial charge in [-0.15, -0.1) is 11.3 Å². The Morgan fingerprint density at radius 2 is 2.26 bits per heavy atom. The van der Waals surface area contributed by atoms with Crippen LogP contribution in [-0.2, 0) is 0 Å². The summed E-state index contributed by atoms with van der Waals surface area (Å²) >= 11 is 7.55. The molecule has 2 heterocycles. The van der Waals surface area contributed by atoms with Crippen molar-refractivity contribution in [1.82, 2.24) is 10.4 Å². The number of thiazole rings is 1. The van der Waals surface area contributed by atoms with Gasteiger partial charge in [0.1, 0.15) is 17.4 Å². The SMILES string of the molecule is Cc1nc(C(NN)c2cc3cc(Cl)ccc3o2)cs1. The molecule has 0 aliphatic rings. The Hall–Kier alpha value is -1.40. The standard InChI is InChI=1S/C13H12ClN3OS/c1-7-16-10(6-19-7)13(17-15)12-5-8-4-9(14)2-3-11(8)18-12/h2-6,13,17H,15H2,1H3. The van der Waals surface area contributed by atoms with Gasteiger partial charge in [-0.25, -0.2) is 10.4 Å². The lowest BCUT2D eigenvalue weighted by molar-refractivity contribution is 0.472. The quantitative estimate of drug-likeness (QED) is 0.574. The Kier molecular flexibility index (Phi) is 3.28. The monoisotopic (exact) mass is 293 g/mol. The van der Waals surface area contributed by atoms with Crippen molar-refractivity contribution in [3.63, 3.8) is 0 Å². The summed E-state index contributed by atoms with van der Waals surface area (Å²) in [5, 5.41) is 4.60. The molecule has 0 bridgehead atoms. The average Bonchev–Trinajstić information content (AvgIpc) is 2.96. The molecule has 0 amide bonds. The van der Waals surface area contributed by atoms with Crippen LogP contribution in [0.25, 0.3) is 11.0 Å². The average molecular weight is 294 g/mol. The van der Waals surface area contributed by atoms with Gasteiger partial charge in [-0.2, -0.15) is 0 Å². The lowest BCUT2D eigenvalue weighted by Crippen LogP contribution is -2.28. The number of nitrogens with one attached hydrogen (secondary N) is 1. The molecule has 98 valence electrons. The van der Waals surface area contributed by atoms with Gasteiger partial charge in [-0.05, 0) is 31.2 Å². The Bertz CT molecular complexity index is 722. The summed E-state index contributed by atoms with van der Waals surface area (Å²) < 4.78 is 5.80. The second kappa shape index (κ2) is 4.94. The Labute approximate surface area is 119 Å². The highest BCUT2D eigenvalue weighted by atomic mass is 35.5. The molecule has 1 atom stereocenters. The lowest BCUT2D eigenvalue weighted by atomic mass is 10.1. The van der Waals surface area contributed by atoms with Crippen LogP contribution in [0.3, 0.4) is 0 Å². The van der Waals surface area contributed by atoms with Gasteiger partial charge in [0, 0.05) is 15.8 Å². The maximum atomic E-state index is 5.97. The number of hydrazine groups is 1. The van der Waals surface area contributed by atoms with E-state index in [2.05, 4.69) is 10.4 Å². The fourth-order valence-corrected chi connectivity index (χ4v) is 2.82. The van der Waals surface area contributed by atoms with Crippen molar-refractivity contribution in [3.8, 4) is 0 Å². The minimum absolute atomic E-state index is 0.254. The summed E-state index contributed by atoms with van der Waals surface area (Å²) in [4.78, 5) is 4.44. The van der Waals surface area contributed by atoms with Gasteiger partial charge < -0.3 is 4.42 Å². The topological polar surface area (TPSA) is 64.1 Å². The molecule has 19 heavy (non-hydrogen) atoms. The second-order valence-electron chi connectivity index (χ2n) is 4.22. The third kappa shape index (κ3) is 2.37. The summed E-state index contributed by atoms with van der Waals surface area (Å²) in [6, 6.07) is 7.19. The molecule has 0 saturated heterocycles. The Morgan fingerprint density at radius 1 is 1.42 bits per heavy atom. The first kappa shape index (κ1) is 12.6. The van der Waals surface area contributed by atoms with Crippen molar-refractivity contribution in [2.24, 2.45) is 5.84 Å². The number of halogens is 1. The number of hydrogen-bond donors (Lipinski definition) is 2. The van der Waals surface area contributed by atoms with Crippen LogP contribution in [0.4, 0.5) is 0 Å². The smallest absolute Gasteiger partial charge is 0.134 e. The number of fused-ring (bicyclic) bond motifs is 1. The van der Waals surface area contributed by atoms with Crippen molar-refractivity contribution in [2.45, 2.75) is 13.0 Å². The van der Waals surface area contributed by atoms with Crippen LogP contribution < -0.4 is 11.3 Å². The van der Waals surface area contributed by atoms with E-state index in [1.165, 1.54) is 0 Å². The number of benzene rings is 1. The summed E-state index contributed by atoms with van der Waals surface area (Å²) in [7, 11) is 0. The molecule has 4 nitrogen and oxygen atoms in total. The van der Waals surface area contributed by atoms with Gasteiger partial charge >= 0.3 is 0 Å². The molecule has 1 aromatic carbocycles. The predicted octanol–water partition coefficient (Wildman–Crippen LogP) is 3.40. The molecule has 0 fully saturated rings. The molecular formula is C13H12ClN3OS. The van der Waals surface area contributed by atoms with E-state index in [4.69, 9.17) is 21.9 Å². The van der Waals surface area contributed by atoms with E-state index in [1.54, 1.807) is 17.4 Å². The van der Waals surface area contributed by atoms with E-state index in [1.807, 2.05) is 30.5 Å². The predicted molar refractivity (Wildman–Crippen MR) is 77.2 cm³/mol. The fourth-order valence-electron chi connectivity index (χ4n) is 2.00. The third-order valence-electron chi connectivity index (χ3n) is 2.88. The summed E-state index contributed by atoms with van der Waals surface area (Å²) in [6.45, 7) is 1.96. The van der Waals surface area contributed by atoms with Crippen LogP contribution in [0.1, 0.15) is 22.5 Å². The van der Waals surface area contributed by atoms with Crippen LogP contribution in [0.15, 0.2) is 34.1 Å². The first-order valence-corrected chi connectivity index (χ1v) is 7.00. The van der Waals surface area contributed by atoms with Crippen LogP contribution in [0, 0.1) is 6.92 Å². The first-order chi connectivity index (χ1) is 9.17. The van der Waals surface area contributed by atoms with Gasteiger partial charge in [-0.3, -0.25) is 5.84 Å². The van der Waals surface area contributed by atoms with E-state index >= 15 is 0 Å². The van der Waals surface area contributed by atoms with E-state index in [0.29, 0.717) is 5.02 Å². The zero-order chi connectivity index (χ0) is 13.4. The van der Waals surface area contributed by atoms with Crippen LogP contribution in [-0.4, -0.2) is 4.98 Å². The Balaban J connectivity index is 2.06. The van der Waals surface area contributed by atoms with Crippen molar-refractivity contribution in [1.29, 1.82) is 0 Å². The largest absolute Gasteiger partial charge is 0.459 e. The van der Waals surface area contributed by atoms with Gasteiger partial charge in [0.2, 0.25) is 0 Å². The lowest BCUT2D eigenvalue weighted by Gasteiger charge is -2.09. The number of nitrogens with two attached hydrogens (primary N) is 1. The van der Waals surface area contributed by atoms with Gasteiger partial charge in [-0.1, -0.05) is 11.6 Å². The number of rotatable bonds is 3. The number of nitrogens with zero attached hydrogens (tertiary/aromatic N) is 1. The van der Waals surface area contributed by atoms with Crippen molar-refractivity contribution in [2.75, 3.05) is 0 Å². The molecule has 3 N–H and O–H groups in total. The zero-order valence-corrected chi connectivity index (χ0v) is 11.8. The molecule has 1 unspecified atom stereocenters. The van der Waals surface area contributed by atoms with Crippen molar-refractivity contribution in [3.05, 3.63) is 51.1 Å². The van der Waals surface area contributed by atoms with Gasteiger partial charge in [0.15, 0.2) is 0 Å². The minimum atomic E-state index is -0.254. The molecule has 3 aromatic rings. The van der Waals surface area contributed by atoms with E-state index in [9.17, 15) is 0 Å². The second-order valence-corrected chi connectivity index (χ2v) is 5.72. The summed E-state index contributed by atoms with van der Waals surface area (Å²) in [5.74, 6) is 6.35. The molecule has 6 heteroatoms. The molecule has 0 radical (unpaired) electrons. The van der Waals surface area contributed by atoms with Crippen LogP contribution in [0.2, 0.25) is 5.02 Å². The number of aryl methyl sites for hydroxylation is 1.